The Balaban J connectivity index is 1.75. The molecule has 4 rings (SSSR count). The molecule has 34 heavy (non-hydrogen) atoms. The molecule has 0 radical (unpaired) electrons. The van der Waals surface area contributed by atoms with Crippen molar-refractivity contribution in [2.75, 3.05) is 13.7 Å². The minimum Gasteiger partial charge on any atom is -0.507 e. The fourth-order valence-electron chi connectivity index (χ4n) is 3.87. The van der Waals surface area contributed by atoms with Gasteiger partial charge in [-0.1, -0.05) is 32.0 Å². The van der Waals surface area contributed by atoms with E-state index in [1.54, 1.807) is 43.5 Å². The van der Waals surface area contributed by atoms with Crippen LogP contribution in [-0.2, 0) is 16.1 Å². The van der Waals surface area contributed by atoms with Gasteiger partial charge in [0, 0.05) is 10.4 Å². The summed E-state index contributed by atoms with van der Waals surface area (Å²) in [5.74, 6) is 0.189. The highest BCUT2D eigenvalue weighted by atomic mass is 32.1. The number of carbonyl (C=O) groups excluding carboxylic acids is 2. The molecule has 3 aromatic rings. The van der Waals surface area contributed by atoms with E-state index >= 15 is 0 Å². The first kappa shape index (κ1) is 23.6. The molecule has 1 N–H and O–H groups in total. The van der Waals surface area contributed by atoms with Gasteiger partial charge >= 0.3 is 0 Å². The highest BCUT2D eigenvalue weighted by Gasteiger charge is 2.46. The molecule has 1 unspecified atom stereocenters. The SMILES string of the molecule is COc1ccc(C2/C(=C(/O)c3ccc(OCC(C)C)cc3)C(=O)C(=O)N2Cc2cccs2)cc1. The van der Waals surface area contributed by atoms with Crippen LogP contribution in [0.2, 0.25) is 0 Å². The number of thiophene rings is 1. The highest BCUT2D eigenvalue weighted by Crippen LogP contribution is 2.41. The van der Waals surface area contributed by atoms with Gasteiger partial charge in [-0.3, -0.25) is 9.59 Å². The topological polar surface area (TPSA) is 76.1 Å². The number of aliphatic hydroxyl groups excluding tert-OH is 1. The molecular weight excluding hydrogens is 450 g/mol. The smallest absolute Gasteiger partial charge is 0.295 e. The van der Waals surface area contributed by atoms with E-state index < -0.39 is 17.7 Å². The van der Waals surface area contributed by atoms with Crippen LogP contribution >= 0.6 is 11.3 Å². The molecule has 2 aromatic carbocycles. The molecular formula is C27H27NO5S. The Labute approximate surface area is 203 Å². The van der Waals surface area contributed by atoms with E-state index in [-0.39, 0.29) is 17.9 Å². The first-order valence-electron chi connectivity index (χ1n) is 11.1. The van der Waals surface area contributed by atoms with E-state index in [4.69, 9.17) is 9.47 Å². The largest absolute Gasteiger partial charge is 0.507 e. The van der Waals surface area contributed by atoms with Crippen LogP contribution in [0, 0.1) is 5.92 Å². The number of nitrogens with zero attached hydrogens (tertiary/aromatic N) is 1. The molecule has 0 bridgehead atoms. The fourth-order valence-corrected chi connectivity index (χ4v) is 4.58. The lowest BCUT2D eigenvalue weighted by Gasteiger charge is -2.25. The summed E-state index contributed by atoms with van der Waals surface area (Å²) >= 11 is 1.51. The van der Waals surface area contributed by atoms with Gasteiger partial charge in [-0.15, -0.1) is 11.3 Å². The Morgan fingerprint density at radius 2 is 1.71 bits per heavy atom. The zero-order valence-corrected chi connectivity index (χ0v) is 20.2. The summed E-state index contributed by atoms with van der Waals surface area (Å²) in [6, 6.07) is 17.2. The normalized spacial score (nSPS) is 17.4. The number of methoxy groups -OCH3 is 1. The van der Waals surface area contributed by atoms with Gasteiger partial charge in [-0.05, 0) is 59.3 Å². The van der Waals surface area contributed by atoms with Crippen LogP contribution in [-0.4, -0.2) is 35.4 Å². The second-order valence-corrected chi connectivity index (χ2v) is 9.54. The van der Waals surface area contributed by atoms with Gasteiger partial charge in [-0.25, -0.2) is 0 Å². The third-order valence-electron chi connectivity index (χ3n) is 5.59. The summed E-state index contributed by atoms with van der Waals surface area (Å²) in [6.45, 7) is 4.98. The number of Topliss-reactive ketones (excluding diaryl/α,β-unsaturated/α-hetero) is 1. The number of ketones is 1. The number of ether oxygens (including phenoxy) is 2. The molecule has 1 fully saturated rings. The molecule has 1 aromatic heterocycles. The third kappa shape index (κ3) is 4.84. The summed E-state index contributed by atoms with van der Waals surface area (Å²) < 4.78 is 11.0. The molecule has 176 valence electrons. The van der Waals surface area contributed by atoms with Crippen LogP contribution in [0.4, 0.5) is 0 Å². The zero-order valence-electron chi connectivity index (χ0n) is 19.4. The van der Waals surface area contributed by atoms with Gasteiger partial charge in [0.1, 0.15) is 17.3 Å². The number of aliphatic hydroxyl groups is 1. The van der Waals surface area contributed by atoms with Crippen LogP contribution in [0.25, 0.3) is 5.76 Å². The van der Waals surface area contributed by atoms with Crippen molar-refractivity contribution in [2.45, 2.75) is 26.4 Å². The number of rotatable bonds is 8. The quantitative estimate of drug-likeness (QED) is 0.267. The van der Waals surface area contributed by atoms with Gasteiger partial charge in [0.25, 0.3) is 11.7 Å². The first-order chi connectivity index (χ1) is 16.4. The molecule has 1 saturated heterocycles. The lowest BCUT2D eigenvalue weighted by molar-refractivity contribution is -0.140. The van der Waals surface area contributed by atoms with Crippen LogP contribution in [0.15, 0.2) is 71.6 Å². The lowest BCUT2D eigenvalue weighted by Crippen LogP contribution is -2.28. The van der Waals surface area contributed by atoms with Gasteiger partial charge in [-0.2, -0.15) is 0 Å². The standard InChI is InChI=1S/C27H27NO5S/c1-17(2)16-33-21-12-8-19(9-13-21)25(29)23-24(18-6-10-20(32-3)11-7-18)28(27(31)26(23)30)15-22-5-4-14-34-22/h4-14,17,24,29H,15-16H2,1-3H3/b25-23-. The number of likely N-dealkylation sites (tertiary alicyclic amines) is 1. The van der Waals surface area contributed by atoms with Crippen molar-refractivity contribution in [3.8, 4) is 11.5 Å². The Kier molecular flexibility index (Phi) is 7.03. The van der Waals surface area contributed by atoms with Crippen molar-refractivity contribution in [2.24, 2.45) is 5.92 Å². The van der Waals surface area contributed by atoms with Crippen molar-refractivity contribution < 1.29 is 24.2 Å². The molecule has 0 saturated carbocycles. The van der Waals surface area contributed by atoms with Crippen molar-refractivity contribution >= 4 is 28.8 Å². The van der Waals surface area contributed by atoms with Crippen LogP contribution < -0.4 is 9.47 Å². The summed E-state index contributed by atoms with van der Waals surface area (Å²) in [5, 5.41) is 13.1. The van der Waals surface area contributed by atoms with Crippen molar-refractivity contribution in [1.82, 2.24) is 4.90 Å². The average Bonchev–Trinajstić information content (AvgIpc) is 3.45. The maximum atomic E-state index is 13.2. The summed E-state index contributed by atoms with van der Waals surface area (Å²) in [4.78, 5) is 28.7. The molecule has 1 aliphatic heterocycles. The molecule has 6 nitrogen and oxygen atoms in total. The molecule has 0 spiro atoms. The number of hydrogen-bond acceptors (Lipinski definition) is 6. The minimum atomic E-state index is -0.718. The Hall–Kier alpha value is -3.58. The van der Waals surface area contributed by atoms with Gasteiger partial charge in [0.2, 0.25) is 0 Å². The summed E-state index contributed by atoms with van der Waals surface area (Å²) in [5.41, 5.74) is 1.24. The Bertz CT molecular complexity index is 1180. The molecule has 1 amide bonds. The molecule has 1 atom stereocenters. The van der Waals surface area contributed by atoms with Gasteiger partial charge < -0.3 is 19.5 Å². The fraction of sp³-hybridized carbons (Fsp3) is 0.259. The number of carbonyl (C=O) groups is 2. The predicted octanol–water partition coefficient (Wildman–Crippen LogP) is 5.41. The maximum Gasteiger partial charge on any atom is 0.295 e. The van der Waals surface area contributed by atoms with Crippen molar-refractivity contribution in [1.29, 1.82) is 0 Å². The second kappa shape index (κ2) is 10.1. The highest BCUT2D eigenvalue weighted by molar-refractivity contribution is 7.09. The minimum absolute atomic E-state index is 0.0718. The third-order valence-corrected chi connectivity index (χ3v) is 6.45. The summed E-state index contributed by atoms with van der Waals surface area (Å²) in [6.07, 6.45) is 0. The summed E-state index contributed by atoms with van der Waals surface area (Å²) in [7, 11) is 1.58. The molecule has 1 aliphatic rings. The van der Waals surface area contributed by atoms with E-state index in [1.807, 2.05) is 29.6 Å². The Morgan fingerprint density at radius 1 is 1.03 bits per heavy atom. The molecule has 7 heteroatoms. The Morgan fingerprint density at radius 3 is 2.29 bits per heavy atom. The van der Waals surface area contributed by atoms with Gasteiger partial charge in [0.15, 0.2) is 0 Å². The van der Waals surface area contributed by atoms with Crippen molar-refractivity contribution in [3.05, 3.63) is 87.6 Å². The first-order valence-corrected chi connectivity index (χ1v) is 11.9. The number of amides is 1. The average molecular weight is 478 g/mol. The van der Waals surface area contributed by atoms with Gasteiger partial charge in [0.05, 0.1) is 31.9 Å². The van der Waals surface area contributed by atoms with Crippen LogP contribution in [0.1, 0.15) is 35.9 Å². The number of hydrogen-bond donors (Lipinski definition) is 1. The maximum absolute atomic E-state index is 13.2. The van der Waals surface area contributed by atoms with E-state index in [1.165, 1.54) is 16.2 Å². The van der Waals surface area contributed by atoms with Crippen LogP contribution in [0.5, 0.6) is 11.5 Å². The van der Waals surface area contributed by atoms with E-state index in [0.29, 0.717) is 29.6 Å². The predicted molar refractivity (Wildman–Crippen MR) is 132 cm³/mol. The van der Waals surface area contributed by atoms with E-state index in [2.05, 4.69) is 13.8 Å². The van der Waals surface area contributed by atoms with E-state index in [0.717, 1.165) is 10.4 Å². The number of benzene rings is 2. The molecule has 2 heterocycles. The second-order valence-electron chi connectivity index (χ2n) is 8.51. The molecule has 0 aliphatic carbocycles. The monoisotopic (exact) mass is 477 g/mol. The van der Waals surface area contributed by atoms with Crippen LogP contribution in [0.3, 0.4) is 0 Å². The zero-order chi connectivity index (χ0) is 24.2. The van der Waals surface area contributed by atoms with E-state index in [9.17, 15) is 14.7 Å². The lowest BCUT2D eigenvalue weighted by atomic mass is 9.95. The van der Waals surface area contributed by atoms with Crippen molar-refractivity contribution in [3.63, 3.8) is 0 Å².